The van der Waals surface area contributed by atoms with Crippen LogP contribution in [0.1, 0.15) is 25.7 Å². The number of anilines is 1. The summed E-state index contributed by atoms with van der Waals surface area (Å²) in [5.41, 5.74) is 0.665. The minimum atomic E-state index is -0.111. The number of hydrogen-bond donors (Lipinski definition) is 1. The molecular formula is C13H21BrN4O. The molecule has 106 valence electrons. The fourth-order valence-electron chi connectivity index (χ4n) is 2.34. The molecule has 0 bridgehead atoms. The Morgan fingerprint density at radius 3 is 2.68 bits per heavy atom. The van der Waals surface area contributed by atoms with Crippen LogP contribution in [0, 0.1) is 0 Å². The molecule has 19 heavy (non-hydrogen) atoms. The molecule has 2 heterocycles. The first-order valence-corrected chi connectivity index (χ1v) is 7.66. The Morgan fingerprint density at radius 2 is 2.00 bits per heavy atom. The third kappa shape index (κ3) is 4.04. The maximum atomic E-state index is 11.7. The zero-order chi connectivity index (χ0) is 13.7. The van der Waals surface area contributed by atoms with E-state index in [2.05, 4.69) is 31.2 Å². The van der Waals surface area contributed by atoms with Gasteiger partial charge in [-0.1, -0.05) is 12.8 Å². The molecule has 1 fully saturated rings. The van der Waals surface area contributed by atoms with Crippen molar-refractivity contribution >= 4 is 21.6 Å². The monoisotopic (exact) mass is 328 g/mol. The molecule has 1 saturated heterocycles. The second kappa shape index (κ2) is 7.05. The third-order valence-electron chi connectivity index (χ3n) is 3.52. The zero-order valence-electron chi connectivity index (χ0n) is 11.4. The largest absolute Gasteiger partial charge is 0.381 e. The lowest BCUT2D eigenvalue weighted by molar-refractivity contribution is 0.296. The quantitative estimate of drug-likeness (QED) is 0.916. The van der Waals surface area contributed by atoms with Crippen molar-refractivity contribution in [2.75, 3.05) is 31.5 Å². The minimum Gasteiger partial charge on any atom is -0.381 e. The Hall–Kier alpha value is -0.880. The van der Waals surface area contributed by atoms with Crippen molar-refractivity contribution in [2.24, 2.45) is 7.05 Å². The molecule has 2 rings (SSSR count). The summed E-state index contributed by atoms with van der Waals surface area (Å²) in [6.07, 6.45) is 7.00. The van der Waals surface area contributed by atoms with Crippen LogP contribution in [-0.2, 0) is 7.05 Å². The summed E-state index contributed by atoms with van der Waals surface area (Å²) in [5.74, 6) is 0. The first-order chi connectivity index (χ1) is 9.18. The summed E-state index contributed by atoms with van der Waals surface area (Å²) in [4.78, 5) is 14.2. The highest BCUT2D eigenvalue weighted by Crippen LogP contribution is 2.15. The van der Waals surface area contributed by atoms with E-state index < -0.39 is 0 Å². The van der Waals surface area contributed by atoms with Gasteiger partial charge in [0.25, 0.3) is 5.56 Å². The Kier molecular flexibility index (Phi) is 5.39. The predicted octanol–water partition coefficient (Wildman–Crippen LogP) is 1.83. The highest BCUT2D eigenvalue weighted by Gasteiger charge is 2.09. The first-order valence-electron chi connectivity index (χ1n) is 6.86. The van der Waals surface area contributed by atoms with Crippen molar-refractivity contribution in [3.63, 3.8) is 0 Å². The van der Waals surface area contributed by atoms with E-state index in [9.17, 15) is 4.79 Å². The molecule has 0 unspecified atom stereocenters. The minimum absolute atomic E-state index is 0.111. The zero-order valence-corrected chi connectivity index (χ0v) is 12.9. The molecular weight excluding hydrogens is 308 g/mol. The lowest BCUT2D eigenvalue weighted by Crippen LogP contribution is -2.30. The van der Waals surface area contributed by atoms with Gasteiger partial charge >= 0.3 is 0 Å². The van der Waals surface area contributed by atoms with Gasteiger partial charge in [-0.05, 0) is 41.9 Å². The molecule has 1 N–H and O–H groups in total. The van der Waals surface area contributed by atoms with Crippen molar-refractivity contribution in [1.29, 1.82) is 0 Å². The van der Waals surface area contributed by atoms with Crippen LogP contribution in [0.4, 0.5) is 5.69 Å². The summed E-state index contributed by atoms with van der Waals surface area (Å²) in [5, 5.41) is 7.30. The molecule has 0 radical (unpaired) electrons. The van der Waals surface area contributed by atoms with Crippen LogP contribution in [0.15, 0.2) is 15.5 Å². The van der Waals surface area contributed by atoms with E-state index in [0.29, 0.717) is 4.47 Å². The Bertz CT molecular complexity index is 466. The maximum Gasteiger partial charge on any atom is 0.282 e. The number of aromatic nitrogens is 2. The fourth-order valence-corrected chi connectivity index (χ4v) is 2.84. The number of aryl methyl sites for hydroxylation is 1. The van der Waals surface area contributed by atoms with Crippen molar-refractivity contribution in [3.05, 3.63) is 21.0 Å². The number of likely N-dealkylation sites (tertiary alicyclic amines) is 1. The number of nitrogens with one attached hydrogen (secondary N) is 1. The molecule has 0 atom stereocenters. The highest BCUT2D eigenvalue weighted by molar-refractivity contribution is 9.10. The van der Waals surface area contributed by atoms with E-state index in [1.807, 2.05) is 0 Å². The molecule has 1 aromatic rings. The fraction of sp³-hybridized carbons (Fsp3) is 0.692. The van der Waals surface area contributed by atoms with Crippen molar-refractivity contribution in [3.8, 4) is 0 Å². The second-order valence-electron chi connectivity index (χ2n) is 4.98. The molecule has 0 aromatic carbocycles. The van der Waals surface area contributed by atoms with Gasteiger partial charge in [0.15, 0.2) is 0 Å². The van der Waals surface area contributed by atoms with Gasteiger partial charge < -0.3 is 10.2 Å². The van der Waals surface area contributed by atoms with Crippen LogP contribution < -0.4 is 10.9 Å². The molecule has 5 nitrogen and oxygen atoms in total. The van der Waals surface area contributed by atoms with E-state index in [4.69, 9.17) is 0 Å². The normalized spacial score (nSPS) is 17.2. The average molecular weight is 329 g/mol. The van der Waals surface area contributed by atoms with Gasteiger partial charge in [-0.3, -0.25) is 4.79 Å². The van der Waals surface area contributed by atoms with Crippen molar-refractivity contribution in [2.45, 2.75) is 25.7 Å². The Morgan fingerprint density at radius 1 is 1.32 bits per heavy atom. The SMILES string of the molecule is Cn1ncc(NCCN2CCCCCC2)c(Br)c1=O. The Labute approximate surface area is 122 Å². The molecule has 1 aromatic heterocycles. The second-order valence-corrected chi connectivity index (χ2v) is 5.78. The summed E-state index contributed by atoms with van der Waals surface area (Å²) in [6, 6.07) is 0. The van der Waals surface area contributed by atoms with Crippen LogP contribution in [0.25, 0.3) is 0 Å². The van der Waals surface area contributed by atoms with Crippen molar-refractivity contribution < 1.29 is 0 Å². The predicted molar refractivity (Wildman–Crippen MR) is 80.6 cm³/mol. The van der Waals surface area contributed by atoms with Crippen LogP contribution in [0.2, 0.25) is 0 Å². The highest BCUT2D eigenvalue weighted by atomic mass is 79.9. The van der Waals surface area contributed by atoms with E-state index >= 15 is 0 Å². The van der Waals surface area contributed by atoms with Gasteiger partial charge in [-0.25, -0.2) is 4.68 Å². The first kappa shape index (κ1) is 14.5. The van der Waals surface area contributed by atoms with Gasteiger partial charge in [0.05, 0.1) is 11.9 Å². The molecule has 6 heteroatoms. The van der Waals surface area contributed by atoms with Crippen LogP contribution >= 0.6 is 15.9 Å². The number of rotatable bonds is 4. The van der Waals surface area contributed by atoms with Crippen LogP contribution in [0.3, 0.4) is 0 Å². The molecule has 0 spiro atoms. The maximum absolute atomic E-state index is 11.7. The van der Waals surface area contributed by atoms with Gasteiger partial charge in [0.1, 0.15) is 4.47 Å². The van der Waals surface area contributed by atoms with Crippen LogP contribution in [0.5, 0.6) is 0 Å². The molecule has 0 saturated carbocycles. The van der Waals surface area contributed by atoms with E-state index in [1.165, 1.54) is 43.5 Å². The summed E-state index contributed by atoms with van der Waals surface area (Å²) >= 11 is 3.32. The molecule has 1 aliphatic rings. The topological polar surface area (TPSA) is 50.2 Å². The lowest BCUT2D eigenvalue weighted by Gasteiger charge is -2.20. The van der Waals surface area contributed by atoms with E-state index in [0.717, 1.165) is 18.8 Å². The average Bonchev–Trinajstić information content (AvgIpc) is 2.67. The summed E-state index contributed by atoms with van der Waals surface area (Å²) < 4.78 is 1.88. The molecule has 1 aliphatic heterocycles. The summed E-state index contributed by atoms with van der Waals surface area (Å²) in [7, 11) is 1.65. The number of nitrogens with zero attached hydrogens (tertiary/aromatic N) is 3. The smallest absolute Gasteiger partial charge is 0.282 e. The van der Waals surface area contributed by atoms with Gasteiger partial charge in [0, 0.05) is 20.1 Å². The number of hydrogen-bond acceptors (Lipinski definition) is 4. The molecule has 0 amide bonds. The van der Waals surface area contributed by atoms with Gasteiger partial charge in [-0.2, -0.15) is 5.10 Å². The molecule has 0 aliphatic carbocycles. The van der Waals surface area contributed by atoms with E-state index in [1.54, 1.807) is 13.2 Å². The van der Waals surface area contributed by atoms with Gasteiger partial charge in [0.2, 0.25) is 0 Å². The Balaban J connectivity index is 1.85. The number of halogens is 1. The summed E-state index contributed by atoms with van der Waals surface area (Å²) in [6.45, 7) is 4.24. The standard InChI is InChI=1S/C13H21BrN4O/c1-17-13(19)12(14)11(10-16-17)15-6-9-18-7-4-2-3-5-8-18/h10,15H,2-9H2,1H3. The lowest BCUT2D eigenvalue weighted by atomic mass is 10.2. The van der Waals surface area contributed by atoms with Crippen LogP contribution in [-0.4, -0.2) is 40.9 Å². The van der Waals surface area contributed by atoms with E-state index in [-0.39, 0.29) is 5.56 Å². The van der Waals surface area contributed by atoms with Gasteiger partial charge in [-0.15, -0.1) is 0 Å². The van der Waals surface area contributed by atoms with Crippen molar-refractivity contribution in [1.82, 2.24) is 14.7 Å². The third-order valence-corrected chi connectivity index (χ3v) is 4.29.